The van der Waals surface area contributed by atoms with Gasteiger partial charge in [-0.1, -0.05) is 30.3 Å². The van der Waals surface area contributed by atoms with Crippen LogP contribution in [0.1, 0.15) is 64.0 Å². The molecule has 0 aromatic heterocycles. The van der Waals surface area contributed by atoms with Gasteiger partial charge < -0.3 is 16.0 Å². The van der Waals surface area contributed by atoms with Crippen LogP contribution in [0.15, 0.2) is 35.3 Å². The van der Waals surface area contributed by atoms with E-state index in [0.29, 0.717) is 36.6 Å². The molecule has 6 rings (SSSR count). The van der Waals surface area contributed by atoms with E-state index in [0.717, 1.165) is 37.7 Å². The minimum Gasteiger partial charge on any atom is -0.369 e. The zero-order valence-corrected chi connectivity index (χ0v) is 19.5. The second kappa shape index (κ2) is 7.86. The summed E-state index contributed by atoms with van der Waals surface area (Å²) in [5.41, 5.74) is 5.72. The van der Waals surface area contributed by atoms with Crippen molar-refractivity contribution < 1.29 is 9.59 Å². The van der Waals surface area contributed by atoms with E-state index >= 15 is 0 Å². The Labute approximate surface area is 195 Å². The molecule has 4 aliphatic carbocycles. The Kier molecular flexibility index (Phi) is 5.23. The number of likely N-dealkylation sites (tertiary alicyclic amines) is 1. The summed E-state index contributed by atoms with van der Waals surface area (Å²) in [6.07, 6.45) is 7.23. The van der Waals surface area contributed by atoms with Crippen molar-refractivity contribution in [3.05, 3.63) is 35.9 Å². The van der Waals surface area contributed by atoms with E-state index in [1.807, 2.05) is 48.3 Å². The molecule has 1 saturated heterocycles. The number of nitrogens with two attached hydrogens (primary N) is 1. The first-order chi connectivity index (χ1) is 15.8. The van der Waals surface area contributed by atoms with Crippen LogP contribution in [0.5, 0.6) is 0 Å². The van der Waals surface area contributed by atoms with Crippen LogP contribution in [0.25, 0.3) is 0 Å². The molecule has 33 heavy (non-hydrogen) atoms. The van der Waals surface area contributed by atoms with Crippen LogP contribution >= 0.6 is 0 Å². The zero-order chi connectivity index (χ0) is 23.4. The molecule has 1 aliphatic heterocycles. The normalized spacial score (nSPS) is 38.3. The third-order valence-electron chi connectivity index (χ3n) is 9.12. The topological polar surface area (TPSA) is 112 Å². The second-order valence-corrected chi connectivity index (χ2v) is 11.0. The molecule has 4 unspecified atom stereocenters. The maximum Gasteiger partial charge on any atom is 0.236 e. The number of rotatable bonds is 5. The number of carbonyl (C=O) groups excluding carboxylic acids is 2. The summed E-state index contributed by atoms with van der Waals surface area (Å²) in [5.74, 6) is 1.55. The Morgan fingerprint density at radius 3 is 2.52 bits per heavy atom. The molecule has 5 aliphatic rings. The van der Waals surface area contributed by atoms with Gasteiger partial charge in [0.1, 0.15) is 11.3 Å². The van der Waals surface area contributed by atoms with Crippen molar-refractivity contribution in [2.45, 2.75) is 64.5 Å². The largest absolute Gasteiger partial charge is 0.369 e. The highest BCUT2D eigenvalue weighted by Crippen LogP contribution is 2.60. The number of amidine groups is 1. The second-order valence-electron chi connectivity index (χ2n) is 11.0. The molecule has 4 saturated carbocycles. The van der Waals surface area contributed by atoms with E-state index in [9.17, 15) is 14.9 Å². The lowest BCUT2D eigenvalue weighted by Crippen LogP contribution is -2.63. The van der Waals surface area contributed by atoms with Gasteiger partial charge in [0.25, 0.3) is 0 Å². The maximum atomic E-state index is 13.7. The Morgan fingerprint density at radius 2 is 1.91 bits per heavy atom. The fourth-order valence-electron chi connectivity index (χ4n) is 7.45. The lowest BCUT2D eigenvalue weighted by molar-refractivity contribution is -0.145. The number of nitrogens with zero attached hydrogens (tertiary/aromatic N) is 3. The highest BCUT2D eigenvalue weighted by atomic mass is 16.2. The van der Waals surface area contributed by atoms with Crippen molar-refractivity contribution in [2.75, 3.05) is 6.54 Å². The van der Waals surface area contributed by atoms with Crippen molar-refractivity contribution in [1.82, 2.24) is 10.2 Å². The van der Waals surface area contributed by atoms with Gasteiger partial charge in [-0.3, -0.25) is 9.59 Å². The molecule has 1 heterocycles. The molecule has 5 fully saturated rings. The average Bonchev–Trinajstić information content (AvgIpc) is 3.10. The summed E-state index contributed by atoms with van der Waals surface area (Å²) in [6, 6.07) is 10.1. The number of hydrogen-bond donors (Lipinski definition) is 2. The smallest absolute Gasteiger partial charge is 0.236 e. The zero-order valence-electron chi connectivity index (χ0n) is 19.5. The van der Waals surface area contributed by atoms with Crippen LogP contribution in [-0.2, 0) is 9.59 Å². The van der Waals surface area contributed by atoms with Gasteiger partial charge in [0, 0.05) is 18.0 Å². The van der Waals surface area contributed by atoms with Crippen molar-refractivity contribution in [3.63, 3.8) is 0 Å². The van der Waals surface area contributed by atoms with E-state index in [2.05, 4.69) is 17.2 Å². The first kappa shape index (κ1) is 21.9. The number of carbonyl (C=O) groups is 2. The summed E-state index contributed by atoms with van der Waals surface area (Å²) in [7, 11) is 0. The van der Waals surface area contributed by atoms with Gasteiger partial charge in [-0.05, 0) is 75.7 Å². The van der Waals surface area contributed by atoms with Crippen LogP contribution < -0.4 is 11.1 Å². The van der Waals surface area contributed by atoms with Crippen LogP contribution in [-0.4, -0.2) is 35.1 Å². The van der Waals surface area contributed by atoms with Gasteiger partial charge in [-0.2, -0.15) is 10.3 Å². The summed E-state index contributed by atoms with van der Waals surface area (Å²) in [5, 5.41) is 13.1. The molecule has 3 N–H and O–H groups in total. The molecule has 7 nitrogen and oxygen atoms in total. The van der Waals surface area contributed by atoms with Crippen LogP contribution in [0.3, 0.4) is 0 Å². The van der Waals surface area contributed by atoms with Gasteiger partial charge in [0.2, 0.25) is 18.0 Å². The Hall–Kier alpha value is -2.88. The van der Waals surface area contributed by atoms with Crippen LogP contribution in [0.4, 0.5) is 0 Å². The minimum absolute atomic E-state index is 0.0118. The number of primary amides is 1. The summed E-state index contributed by atoms with van der Waals surface area (Å²) in [6.45, 7) is 4.59. The molecule has 4 atom stereocenters. The molecule has 1 aromatic carbocycles. The molecule has 0 spiro atoms. The van der Waals surface area contributed by atoms with Gasteiger partial charge in [0.15, 0.2) is 0 Å². The Morgan fingerprint density at radius 1 is 1.24 bits per heavy atom. The third kappa shape index (κ3) is 3.42. The molecule has 2 amide bonds. The van der Waals surface area contributed by atoms with Crippen molar-refractivity contribution in [3.8, 4) is 6.19 Å². The molecular formula is C26H33N5O2. The highest BCUT2D eigenvalue weighted by Gasteiger charge is 2.59. The number of nitriles is 1. The lowest BCUT2D eigenvalue weighted by Gasteiger charge is -2.59. The summed E-state index contributed by atoms with van der Waals surface area (Å²) in [4.78, 5) is 32.0. The van der Waals surface area contributed by atoms with Crippen LogP contribution in [0.2, 0.25) is 0 Å². The van der Waals surface area contributed by atoms with Gasteiger partial charge in [-0.15, -0.1) is 0 Å². The molecule has 1 aromatic rings. The first-order valence-corrected chi connectivity index (χ1v) is 12.2. The molecule has 0 radical (unpaired) electrons. The maximum absolute atomic E-state index is 13.7. The fourth-order valence-corrected chi connectivity index (χ4v) is 7.45. The minimum atomic E-state index is -0.852. The van der Waals surface area contributed by atoms with Gasteiger partial charge in [0.05, 0.1) is 6.04 Å². The summed E-state index contributed by atoms with van der Waals surface area (Å²) >= 11 is 0. The lowest BCUT2D eigenvalue weighted by atomic mass is 9.47. The van der Waals surface area contributed by atoms with Gasteiger partial charge >= 0.3 is 0 Å². The number of nitrogens with one attached hydrogen (secondary N) is 1. The highest BCUT2D eigenvalue weighted by molar-refractivity contribution is 6.09. The van der Waals surface area contributed by atoms with E-state index in [1.165, 1.54) is 0 Å². The van der Waals surface area contributed by atoms with E-state index in [1.54, 1.807) is 0 Å². The van der Waals surface area contributed by atoms with Gasteiger partial charge in [-0.25, -0.2) is 0 Å². The first-order valence-electron chi connectivity index (χ1n) is 12.2. The number of amides is 2. The van der Waals surface area contributed by atoms with E-state index < -0.39 is 5.41 Å². The summed E-state index contributed by atoms with van der Waals surface area (Å²) < 4.78 is 0. The molecular weight excluding hydrogens is 414 g/mol. The quantitative estimate of drug-likeness (QED) is 0.410. The fraction of sp³-hybridized carbons (Fsp3) is 0.615. The van der Waals surface area contributed by atoms with Crippen molar-refractivity contribution in [2.24, 2.45) is 39.3 Å². The Balaban J connectivity index is 1.37. The molecule has 174 valence electrons. The predicted molar refractivity (Wildman–Crippen MR) is 124 cm³/mol. The van der Waals surface area contributed by atoms with Crippen LogP contribution in [0, 0.1) is 40.0 Å². The SMILES string of the molecule is CC(c1ccccc1)N1CCC(C)(/C(=N\C#N)NC2C3CC4CC2CC(C(N)=O)(C4)C3)C1=O. The number of aliphatic imine (C=N–C) groups is 1. The molecule has 4 bridgehead atoms. The van der Waals surface area contributed by atoms with Crippen molar-refractivity contribution in [1.29, 1.82) is 5.26 Å². The third-order valence-corrected chi connectivity index (χ3v) is 9.12. The predicted octanol–water partition coefficient (Wildman–Crippen LogP) is 3.14. The molecule has 7 heteroatoms. The van der Waals surface area contributed by atoms with Crippen molar-refractivity contribution >= 4 is 17.6 Å². The standard InChI is InChI=1S/C26H33N5O2/c1-16(18-6-4-3-5-7-18)31-9-8-25(2,24(31)33)23(29-15-27)30-21-19-10-17-11-20(21)14-26(12-17,13-19)22(28)32/h3-7,16-17,19-21H,8-14H2,1-2H3,(H2,28,32)(H,29,30). The Bertz CT molecular complexity index is 1010. The monoisotopic (exact) mass is 447 g/mol. The van der Waals surface area contributed by atoms with E-state index in [-0.39, 0.29) is 29.3 Å². The number of benzene rings is 1. The number of hydrogen-bond acceptors (Lipinski definition) is 4. The van der Waals surface area contributed by atoms with E-state index in [4.69, 9.17) is 5.73 Å². The average molecular weight is 448 g/mol.